The standard InChI is InChI=1S/C13H11BN2/c1-2-6-12-11(5-1)8-9-14(16-12)13-7-3-4-10-15-13/h1-10,16H. The molecule has 0 atom stereocenters. The molecule has 3 heteroatoms. The van der Waals surface area contributed by atoms with Crippen LogP contribution >= 0.6 is 0 Å². The summed E-state index contributed by atoms with van der Waals surface area (Å²) in [7, 11) is 0. The van der Waals surface area contributed by atoms with Crippen LogP contribution in [0.4, 0.5) is 5.69 Å². The molecule has 76 valence electrons. The Kier molecular flexibility index (Phi) is 2.22. The molecule has 1 aliphatic heterocycles. The summed E-state index contributed by atoms with van der Waals surface area (Å²) in [5.74, 6) is 2.14. The molecular weight excluding hydrogens is 195 g/mol. The van der Waals surface area contributed by atoms with Gasteiger partial charge >= 0.3 is 6.85 Å². The molecule has 3 rings (SSSR count). The fourth-order valence-electron chi connectivity index (χ4n) is 1.92. The predicted octanol–water partition coefficient (Wildman–Crippen LogP) is 1.96. The summed E-state index contributed by atoms with van der Waals surface area (Å²) in [6.45, 7) is 0.177. The van der Waals surface area contributed by atoms with Crippen molar-refractivity contribution in [1.29, 1.82) is 0 Å². The minimum atomic E-state index is 0.177. The monoisotopic (exact) mass is 206 g/mol. The molecule has 0 bridgehead atoms. The van der Waals surface area contributed by atoms with Gasteiger partial charge < -0.3 is 5.23 Å². The Morgan fingerprint density at radius 3 is 2.75 bits per heavy atom. The van der Waals surface area contributed by atoms with Gasteiger partial charge in [-0.3, -0.25) is 4.98 Å². The van der Waals surface area contributed by atoms with Crippen LogP contribution in [0.1, 0.15) is 5.56 Å². The lowest BCUT2D eigenvalue weighted by Crippen LogP contribution is -2.40. The van der Waals surface area contributed by atoms with E-state index in [1.165, 1.54) is 11.3 Å². The van der Waals surface area contributed by atoms with Crippen molar-refractivity contribution in [2.75, 3.05) is 5.23 Å². The fourth-order valence-corrected chi connectivity index (χ4v) is 1.92. The van der Waals surface area contributed by atoms with Crippen LogP contribution in [0.15, 0.2) is 54.6 Å². The van der Waals surface area contributed by atoms with E-state index in [1.807, 2.05) is 36.5 Å². The Balaban J connectivity index is 1.95. The molecule has 0 spiro atoms. The molecule has 16 heavy (non-hydrogen) atoms. The maximum Gasteiger partial charge on any atom is 0.333 e. The van der Waals surface area contributed by atoms with Gasteiger partial charge in [-0.2, -0.15) is 0 Å². The highest BCUT2D eigenvalue weighted by atomic mass is 14.8. The molecule has 1 aliphatic rings. The van der Waals surface area contributed by atoms with E-state index in [4.69, 9.17) is 0 Å². The molecule has 0 amide bonds. The first-order valence-corrected chi connectivity index (χ1v) is 5.38. The number of fused-ring (bicyclic) bond motifs is 1. The Hall–Kier alpha value is -2.03. The van der Waals surface area contributed by atoms with Gasteiger partial charge in [-0.1, -0.05) is 36.3 Å². The maximum atomic E-state index is 4.36. The summed E-state index contributed by atoms with van der Waals surface area (Å²) < 4.78 is 0. The average molecular weight is 206 g/mol. The predicted molar refractivity (Wildman–Crippen MR) is 68.7 cm³/mol. The minimum Gasteiger partial charge on any atom is -0.419 e. The van der Waals surface area contributed by atoms with E-state index in [-0.39, 0.29) is 6.85 Å². The average Bonchev–Trinajstić information content (AvgIpc) is 2.39. The van der Waals surface area contributed by atoms with E-state index in [0.29, 0.717) is 0 Å². The number of aromatic nitrogens is 1. The normalized spacial score (nSPS) is 13.1. The fraction of sp³-hybridized carbons (Fsp3) is 0. The number of nitrogens with zero attached hydrogens (tertiary/aromatic N) is 1. The van der Waals surface area contributed by atoms with Crippen molar-refractivity contribution in [1.82, 2.24) is 4.98 Å². The Morgan fingerprint density at radius 1 is 1.00 bits per heavy atom. The first kappa shape index (κ1) is 9.22. The first-order chi connectivity index (χ1) is 7.93. The summed E-state index contributed by atoms with van der Waals surface area (Å²) >= 11 is 0. The highest BCUT2D eigenvalue weighted by molar-refractivity contribution is 6.80. The van der Waals surface area contributed by atoms with Crippen LogP contribution in [0, 0.1) is 0 Å². The largest absolute Gasteiger partial charge is 0.419 e. The number of hydrogen-bond acceptors (Lipinski definition) is 2. The number of benzene rings is 1. The molecule has 0 aliphatic carbocycles. The van der Waals surface area contributed by atoms with Crippen molar-refractivity contribution in [3.63, 3.8) is 0 Å². The first-order valence-electron chi connectivity index (χ1n) is 5.38. The number of anilines is 1. The number of para-hydroxylation sites is 1. The van der Waals surface area contributed by atoms with Gasteiger partial charge in [-0.05, 0) is 23.8 Å². The summed E-state index contributed by atoms with van der Waals surface area (Å²) in [6.07, 6.45) is 3.97. The van der Waals surface area contributed by atoms with Crippen LogP contribution in [0.25, 0.3) is 6.08 Å². The zero-order valence-corrected chi connectivity index (χ0v) is 8.80. The zero-order chi connectivity index (χ0) is 10.8. The summed E-state index contributed by atoms with van der Waals surface area (Å²) in [6, 6.07) is 14.3. The molecule has 0 saturated heterocycles. The van der Waals surface area contributed by atoms with Gasteiger partial charge in [-0.15, -0.1) is 0 Å². The molecule has 0 saturated carbocycles. The van der Waals surface area contributed by atoms with Gasteiger partial charge in [0.1, 0.15) is 0 Å². The topological polar surface area (TPSA) is 24.9 Å². The van der Waals surface area contributed by atoms with Crippen LogP contribution in [0.3, 0.4) is 0 Å². The van der Waals surface area contributed by atoms with Crippen LogP contribution in [-0.4, -0.2) is 11.8 Å². The molecule has 0 unspecified atom stereocenters. The van der Waals surface area contributed by atoms with E-state index in [1.54, 1.807) is 0 Å². The van der Waals surface area contributed by atoms with Gasteiger partial charge in [-0.25, -0.2) is 0 Å². The van der Waals surface area contributed by atoms with Crippen molar-refractivity contribution in [3.05, 3.63) is 60.2 Å². The van der Waals surface area contributed by atoms with Gasteiger partial charge in [0.25, 0.3) is 0 Å². The minimum absolute atomic E-state index is 0.177. The van der Waals surface area contributed by atoms with Gasteiger partial charge in [0, 0.05) is 17.5 Å². The third-order valence-corrected chi connectivity index (χ3v) is 2.75. The van der Waals surface area contributed by atoms with Gasteiger partial charge in [0.2, 0.25) is 0 Å². The van der Waals surface area contributed by atoms with Crippen LogP contribution in [0.2, 0.25) is 0 Å². The van der Waals surface area contributed by atoms with E-state index in [2.05, 4.69) is 34.4 Å². The Labute approximate surface area is 95.1 Å². The lowest BCUT2D eigenvalue weighted by atomic mass is 9.57. The van der Waals surface area contributed by atoms with E-state index in [0.717, 1.165) is 5.59 Å². The molecule has 1 aromatic heterocycles. The van der Waals surface area contributed by atoms with Crippen LogP contribution in [0.5, 0.6) is 0 Å². The number of hydrogen-bond donors (Lipinski definition) is 1. The third-order valence-electron chi connectivity index (χ3n) is 2.75. The maximum absolute atomic E-state index is 4.36. The molecule has 2 heterocycles. The third kappa shape index (κ3) is 1.61. The highest BCUT2D eigenvalue weighted by Crippen LogP contribution is 2.20. The summed E-state index contributed by atoms with van der Waals surface area (Å²) in [5, 5.41) is 3.46. The Bertz CT molecular complexity index is 522. The molecular formula is C13H11BN2. The SMILES string of the molecule is C1=Cc2ccccc2NB1c1ccccn1. The molecule has 2 nitrogen and oxygen atoms in total. The second-order valence-electron chi connectivity index (χ2n) is 3.82. The number of pyridine rings is 1. The highest BCUT2D eigenvalue weighted by Gasteiger charge is 2.19. The van der Waals surface area contributed by atoms with Crippen LogP contribution in [-0.2, 0) is 0 Å². The quantitative estimate of drug-likeness (QED) is 0.721. The lowest BCUT2D eigenvalue weighted by molar-refractivity contribution is 1.38. The molecule has 1 aromatic carbocycles. The number of rotatable bonds is 1. The summed E-state index contributed by atoms with van der Waals surface area (Å²) in [4.78, 5) is 4.36. The van der Waals surface area contributed by atoms with Crippen molar-refractivity contribution in [2.24, 2.45) is 0 Å². The van der Waals surface area contributed by atoms with E-state index < -0.39 is 0 Å². The van der Waals surface area contributed by atoms with Crippen molar-refractivity contribution in [2.45, 2.75) is 0 Å². The second kappa shape index (κ2) is 3.85. The smallest absolute Gasteiger partial charge is 0.333 e. The van der Waals surface area contributed by atoms with Gasteiger partial charge in [0.05, 0.1) is 0 Å². The second-order valence-corrected chi connectivity index (χ2v) is 3.82. The number of nitrogens with one attached hydrogen (secondary N) is 1. The molecule has 0 fully saturated rings. The Morgan fingerprint density at radius 2 is 1.88 bits per heavy atom. The summed E-state index contributed by atoms with van der Waals surface area (Å²) in [5.41, 5.74) is 3.45. The van der Waals surface area contributed by atoms with E-state index >= 15 is 0 Å². The molecule has 0 radical (unpaired) electrons. The van der Waals surface area contributed by atoms with Crippen molar-refractivity contribution >= 4 is 24.2 Å². The zero-order valence-electron chi connectivity index (χ0n) is 8.80. The van der Waals surface area contributed by atoms with Crippen molar-refractivity contribution in [3.8, 4) is 0 Å². The lowest BCUT2D eigenvalue weighted by Gasteiger charge is -2.18. The molecule has 1 N–H and O–H groups in total. The van der Waals surface area contributed by atoms with E-state index in [9.17, 15) is 0 Å². The molecule has 2 aromatic rings. The van der Waals surface area contributed by atoms with Gasteiger partial charge in [0.15, 0.2) is 0 Å². The van der Waals surface area contributed by atoms with Crippen molar-refractivity contribution < 1.29 is 0 Å². The van der Waals surface area contributed by atoms with Crippen LogP contribution < -0.4 is 10.8 Å².